The Hall–Kier alpha value is -0.810. The lowest BCUT2D eigenvalue weighted by Crippen LogP contribution is -2.37. The van der Waals surface area contributed by atoms with Crippen molar-refractivity contribution in [2.75, 3.05) is 54.1 Å². The molecule has 0 spiro atoms. The maximum absolute atomic E-state index is 5.62. The molecule has 1 fully saturated rings. The lowest BCUT2D eigenvalue weighted by atomic mass is 10.1. The number of hydrogen-bond donors (Lipinski definition) is 1. The fourth-order valence-corrected chi connectivity index (χ4v) is 1.78. The van der Waals surface area contributed by atoms with Crippen molar-refractivity contribution >= 4 is 5.96 Å². The van der Waals surface area contributed by atoms with Gasteiger partial charge in [-0.1, -0.05) is 0 Å². The van der Waals surface area contributed by atoms with Crippen molar-refractivity contribution in [1.82, 2.24) is 10.2 Å². The van der Waals surface area contributed by atoms with Gasteiger partial charge in [-0.05, 0) is 12.8 Å². The molecule has 0 bridgehead atoms. The van der Waals surface area contributed by atoms with Gasteiger partial charge in [-0.3, -0.25) is 4.99 Å². The van der Waals surface area contributed by atoms with Crippen molar-refractivity contribution in [3.8, 4) is 0 Å². The van der Waals surface area contributed by atoms with Crippen LogP contribution in [0.2, 0.25) is 0 Å². The van der Waals surface area contributed by atoms with E-state index in [1.165, 1.54) is 0 Å². The average molecular weight is 243 g/mol. The zero-order valence-electron chi connectivity index (χ0n) is 11.2. The van der Waals surface area contributed by atoms with E-state index in [1.807, 2.05) is 19.0 Å². The lowest BCUT2D eigenvalue weighted by Gasteiger charge is -2.16. The Balaban J connectivity index is 1.93. The Bertz CT molecular complexity index is 226. The first-order valence-electron chi connectivity index (χ1n) is 6.27. The van der Waals surface area contributed by atoms with Gasteiger partial charge in [-0.25, -0.2) is 0 Å². The molecule has 5 nitrogen and oxygen atoms in total. The molecular weight excluding hydrogens is 218 g/mol. The molecule has 1 aliphatic rings. The molecule has 1 saturated heterocycles. The van der Waals surface area contributed by atoms with Crippen molar-refractivity contribution in [1.29, 1.82) is 0 Å². The summed E-state index contributed by atoms with van der Waals surface area (Å²) in [7, 11) is 5.75. The summed E-state index contributed by atoms with van der Waals surface area (Å²) in [5.74, 6) is 1.52. The first-order chi connectivity index (χ1) is 8.24. The van der Waals surface area contributed by atoms with Crippen LogP contribution < -0.4 is 5.32 Å². The fourth-order valence-electron chi connectivity index (χ4n) is 1.78. The normalized spacial score (nSPS) is 20.6. The van der Waals surface area contributed by atoms with Crippen molar-refractivity contribution in [2.24, 2.45) is 10.9 Å². The number of ether oxygens (including phenoxy) is 2. The van der Waals surface area contributed by atoms with Gasteiger partial charge in [0.05, 0.1) is 13.2 Å². The van der Waals surface area contributed by atoms with E-state index < -0.39 is 0 Å². The predicted octanol–water partition coefficient (Wildman–Crippen LogP) is 0.567. The molecule has 0 aromatic carbocycles. The molecule has 1 heterocycles. The molecule has 100 valence electrons. The van der Waals surface area contributed by atoms with Gasteiger partial charge in [0.15, 0.2) is 5.96 Å². The highest BCUT2D eigenvalue weighted by Gasteiger charge is 2.15. The molecule has 0 radical (unpaired) electrons. The zero-order chi connectivity index (χ0) is 12.5. The molecule has 0 aromatic heterocycles. The monoisotopic (exact) mass is 243 g/mol. The van der Waals surface area contributed by atoms with E-state index in [0.29, 0.717) is 5.92 Å². The van der Waals surface area contributed by atoms with Gasteiger partial charge >= 0.3 is 0 Å². The number of nitrogens with one attached hydrogen (secondary N) is 1. The zero-order valence-corrected chi connectivity index (χ0v) is 11.2. The summed E-state index contributed by atoms with van der Waals surface area (Å²) < 4.78 is 10.9. The van der Waals surface area contributed by atoms with Crippen molar-refractivity contribution in [3.63, 3.8) is 0 Å². The summed E-state index contributed by atoms with van der Waals surface area (Å²) in [6.45, 7) is 4.29. The first kappa shape index (κ1) is 14.3. The Morgan fingerprint density at radius 2 is 2.35 bits per heavy atom. The van der Waals surface area contributed by atoms with Gasteiger partial charge in [0.25, 0.3) is 0 Å². The Morgan fingerprint density at radius 1 is 1.53 bits per heavy atom. The van der Waals surface area contributed by atoms with Crippen LogP contribution in [0.3, 0.4) is 0 Å². The third kappa shape index (κ3) is 5.89. The van der Waals surface area contributed by atoms with Gasteiger partial charge in [0.2, 0.25) is 0 Å². The van der Waals surface area contributed by atoms with Crippen molar-refractivity contribution in [2.45, 2.75) is 12.8 Å². The summed E-state index contributed by atoms with van der Waals surface area (Å²) >= 11 is 0. The first-order valence-corrected chi connectivity index (χ1v) is 6.27. The maximum Gasteiger partial charge on any atom is 0.193 e. The summed E-state index contributed by atoms with van der Waals surface area (Å²) in [6, 6.07) is 0. The molecule has 1 N–H and O–H groups in total. The highest BCUT2D eigenvalue weighted by Crippen LogP contribution is 2.12. The third-order valence-corrected chi connectivity index (χ3v) is 2.76. The number of nitrogens with zero attached hydrogens (tertiary/aromatic N) is 2. The van der Waals surface area contributed by atoms with E-state index in [1.54, 1.807) is 7.05 Å². The second-order valence-electron chi connectivity index (χ2n) is 4.53. The molecule has 5 heteroatoms. The second-order valence-corrected chi connectivity index (χ2v) is 4.53. The molecule has 0 aliphatic carbocycles. The third-order valence-electron chi connectivity index (χ3n) is 2.76. The molecule has 0 amide bonds. The summed E-state index contributed by atoms with van der Waals surface area (Å²) in [5.41, 5.74) is 0. The number of hydrogen-bond acceptors (Lipinski definition) is 3. The minimum absolute atomic E-state index is 0.609. The molecule has 17 heavy (non-hydrogen) atoms. The van der Waals surface area contributed by atoms with Gasteiger partial charge in [-0.2, -0.15) is 0 Å². The Kier molecular flexibility index (Phi) is 6.96. The van der Waals surface area contributed by atoms with Crippen LogP contribution in [0.25, 0.3) is 0 Å². The van der Waals surface area contributed by atoms with E-state index in [-0.39, 0.29) is 0 Å². The van der Waals surface area contributed by atoms with Gasteiger partial charge in [0, 0.05) is 46.8 Å². The fraction of sp³-hybridized carbons (Fsp3) is 0.917. The summed E-state index contributed by atoms with van der Waals surface area (Å²) in [6.07, 6.45) is 2.14. The average Bonchev–Trinajstić information content (AvgIpc) is 2.80. The van der Waals surface area contributed by atoms with Gasteiger partial charge < -0.3 is 19.7 Å². The minimum atomic E-state index is 0.609. The molecule has 0 saturated carbocycles. The molecule has 0 aromatic rings. The van der Waals surface area contributed by atoms with Crippen LogP contribution >= 0.6 is 0 Å². The van der Waals surface area contributed by atoms with Crippen LogP contribution in [-0.4, -0.2) is 65.0 Å². The number of guanidine groups is 1. The summed E-state index contributed by atoms with van der Waals surface area (Å²) in [5, 5.41) is 3.27. The Labute approximate surface area is 104 Å². The Morgan fingerprint density at radius 3 is 2.94 bits per heavy atom. The lowest BCUT2D eigenvalue weighted by molar-refractivity contribution is 0.0887. The van der Waals surface area contributed by atoms with E-state index in [0.717, 1.165) is 51.8 Å². The number of rotatable bonds is 6. The quantitative estimate of drug-likeness (QED) is 0.421. The molecule has 1 unspecified atom stereocenters. The van der Waals surface area contributed by atoms with Gasteiger partial charge in [-0.15, -0.1) is 0 Å². The molecule has 1 rings (SSSR count). The second kappa shape index (κ2) is 8.31. The summed E-state index contributed by atoms with van der Waals surface area (Å²) in [4.78, 5) is 6.11. The van der Waals surface area contributed by atoms with Crippen LogP contribution in [0, 0.1) is 5.92 Å². The molecular formula is C12H25N3O2. The van der Waals surface area contributed by atoms with Gasteiger partial charge in [0.1, 0.15) is 0 Å². The maximum atomic E-state index is 5.62. The predicted molar refractivity (Wildman–Crippen MR) is 69.4 cm³/mol. The highest BCUT2D eigenvalue weighted by atomic mass is 16.5. The van der Waals surface area contributed by atoms with E-state index in [2.05, 4.69) is 10.3 Å². The van der Waals surface area contributed by atoms with Crippen LogP contribution in [0.4, 0.5) is 0 Å². The minimum Gasteiger partial charge on any atom is -0.381 e. The topological polar surface area (TPSA) is 46.1 Å². The van der Waals surface area contributed by atoms with Crippen LogP contribution in [0.5, 0.6) is 0 Å². The van der Waals surface area contributed by atoms with E-state index in [4.69, 9.17) is 9.47 Å². The van der Waals surface area contributed by atoms with Crippen molar-refractivity contribution in [3.05, 3.63) is 0 Å². The van der Waals surface area contributed by atoms with E-state index >= 15 is 0 Å². The molecule has 1 atom stereocenters. The van der Waals surface area contributed by atoms with Crippen LogP contribution in [-0.2, 0) is 9.47 Å². The standard InChI is InChI=1S/C12H25N3O2/c1-13-12(15(2)3)14-6-4-7-16-9-11-5-8-17-10-11/h11H,4-10H2,1-3H3,(H,13,14). The highest BCUT2D eigenvalue weighted by molar-refractivity contribution is 5.79. The smallest absolute Gasteiger partial charge is 0.193 e. The van der Waals surface area contributed by atoms with Crippen molar-refractivity contribution < 1.29 is 9.47 Å². The molecule has 1 aliphatic heterocycles. The van der Waals surface area contributed by atoms with Crippen LogP contribution in [0.15, 0.2) is 4.99 Å². The SMILES string of the molecule is CN=C(NCCCOCC1CCOC1)N(C)C. The van der Waals surface area contributed by atoms with E-state index in [9.17, 15) is 0 Å². The largest absolute Gasteiger partial charge is 0.381 e. The van der Waals surface area contributed by atoms with Crippen LogP contribution in [0.1, 0.15) is 12.8 Å². The number of aliphatic imine (C=N–C) groups is 1.